The Morgan fingerprint density at radius 3 is 2.35 bits per heavy atom. The van der Waals surface area contributed by atoms with Gasteiger partial charge >= 0.3 is 5.97 Å². The van der Waals surface area contributed by atoms with Crippen LogP contribution in [0.15, 0.2) is 96.1 Å². The number of amides is 1. The van der Waals surface area contributed by atoms with Gasteiger partial charge in [-0.2, -0.15) is 5.10 Å². The van der Waals surface area contributed by atoms with E-state index in [1.807, 2.05) is 36.4 Å². The van der Waals surface area contributed by atoms with Crippen molar-refractivity contribution in [3.05, 3.63) is 113 Å². The van der Waals surface area contributed by atoms with Gasteiger partial charge in [0.2, 0.25) is 0 Å². The van der Waals surface area contributed by atoms with Gasteiger partial charge in [-0.25, -0.2) is 10.2 Å². The Bertz CT molecular complexity index is 1280. The van der Waals surface area contributed by atoms with Crippen molar-refractivity contribution < 1.29 is 14.3 Å². The second-order valence-electron chi connectivity index (χ2n) is 6.73. The number of rotatable bonds is 5. The van der Waals surface area contributed by atoms with Gasteiger partial charge in [0.05, 0.1) is 11.8 Å². The highest BCUT2D eigenvalue weighted by atomic mass is 35.5. The summed E-state index contributed by atoms with van der Waals surface area (Å²) < 4.78 is 5.39. The molecule has 0 fully saturated rings. The molecule has 152 valence electrons. The van der Waals surface area contributed by atoms with Gasteiger partial charge in [-0.15, -0.1) is 0 Å². The Hall–Kier alpha value is -3.96. The van der Waals surface area contributed by atoms with Crippen molar-refractivity contribution in [1.29, 1.82) is 0 Å². The first kappa shape index (κ1) is 20.3. The molecular weight excluding hydrogens is 412 g/mol. The summed E-state index contributed by atoms with van der Waals surface area (Å²) in [5.74, 6) is -0.438. The summed E-state index contributed by atoms with van der Waals surface area (Å²) in [5.41, 5.74) is 4.09. The number of hydrogen-bond acceptors (Lipinski definition) is 4. The van der Waals surface area contributed by atoms with Crippen molar-refractivity contribution in [3.8, 4) is 5.75 Å². The minimum atomic E-state index is -0.490. The third-order valence-corrected chi connectivity index (χ3v) is 4.79. The molecule has 0 atom stereocenters. The van der Waals surface area contributed by atoms with Gasteiger partial charge in [0.1, 0.15) is 5.75 Å². The van der Waals surface area contributed by atoms with E-state index < -0.39 is 5.97 Å². The van der Waals surface area contributed by atoms with Crippen LogP contribution < -0.4 is 10.2 Å². The Labute approximate surface area is 183 Å². The van der Waals surface area contributed by atoms with Crippen molar-refractivity contribution in [1.82, 2.24) is 5.43 Å². The fourth-order valence-electron chi connectivity index (χ4n) is 2.97. The number of nitrogens with zero attached hydrogens (tertiary/aromatic N) is 1. The molecule has 0 radical (unpaired) electrons. The lowest BCUT2D eigenvalue weighted by Gasteiger charge is -2.05. The maximum Gasteiger partial charge on any atom is 0.343 e. The lowest BCUT2D eigenvalue weighted by atomic mass is 10.1. The molecule has 0 aliphatic rings. The van der Waals surface area contributed by atoms with E-state index in [-0.39, 0.29) is 5.91 Å². The maximum atomic E-state index is 12.4. The van der Waals surface area contributed by atoms with Crippen LogP contribution in [0.1, 0.15) is 26.3 Å². The van der Waals surface area contributed by atoms with Crippen LogP contribution in [0.5, 0.6) is 5.75 Å². The second kappa shape index (κ2) is 9.24. The van der Waals surface area contributed by atoms with Crippen LogP contribution >= 0.6 is 11.6 Å². The molecule has 4 aromatic carbocycles. The van der Waals surface area contributed by atoms with Gasteiger partial charge in [-0.1, -0.05) is 54.1 Å². The van der Waals surface area contributed by atoms with E-state index in [1.54, 1.807) is 54.6 Å². The molecule has 0 aliphatic heterocycles. The zero-order chi connectivity index (χ0) is 21.6. The van der Waals surface area contributed by atoms with E-state index in [0.717, 1.165) is 10.8 Å². The van der Waals surface area contributed by atoms with Crippen molar-refractivity contribution in [2.24, 2.45) is 5.10 Å². The highest BCUT2D eigenvalue weighted by Gasteiger charge is 2.09. The largest absolute Gasteiger partial charge is 0.423 e. The molecule has 0 heterocycles. The molecule has 0 spiro atoms. The molecule has 31 heavy (non-hydrogen) atoms. The minimum absolute atomic E-state index is 0.313. The molecular formula is C25H17ClN2O3. The fraction of sp³-hybridized carbons (Fsp3) is 0. The predicted octanol–water partition coefficient (Wildman–Crippen LogP) is 5.48. The predicted molar refractivity (Wildman–Crippen MR) is 122 cm³/mol. The molecule has 0 bridgehead atoms. The van der Waals surface area contributed by atoms with Gasteiger partial charge in [-0.3, -0.25) is 4.79 Å². The number of hydrazone groups is 1. The number of benzene rings is 4. The number of halogens is 1. The number of carbonyl (C=O) groups is 2. The molecule has 0 saturated heterocycles. The summed E-state index contributed by atoms with van der Waals surface area (Å²) in [5, 5.41) is 6.59. The summed E-state index contributed by atoms with van der Waals surface area (Å²) in [7, 11) is 0. The minimum Gasteiger partial charge on any atom is -0.423 e. The zero-order valence-electron chi connectivity index (χ0n) is 16.3. The van der Waals surface area contributed by atoms with Gasteiger partial charge < -0.3 is 4.74 Å². The van der Waals surface area contributed by atoms with E-state index in [9.17, 15) is 9.59 Å². The first-order chi connectivity index (χ1) is 15.1. The first-order valence-corrected chi connectivity index (χ1v) is 9.86. The second-order valence-corrected chi connectivity index (χ2v) is 7.17. The Morgan fingerprint density at radius 2 is 1.55 bits per heavy atom. The molecule has 4 aromatic rings. The van der Waals surface area contributed by atoms with E-state index in [1.165, 1.54) is 6.21 Å². The normalized spacial score (nSPS) is 10.9. The van der Waals surface area contributed by atoms with Crippen LogP contribution in [0.2, 0.25) is 5.02 Å². The van der Waals surface area contributed by atoms with Crippen LogP contribution in [0, 0.1) is 0 Å². The first-order valence-electron chi connectivity index (χ1n) is 9.48. The number of hydrogen-bond donors (Lipinski definition) is 1. The average molecular weight is 429 g/mol. The van der Waals surface area contributed by atoms with Gasteiger partial charge in [0, 0.05) is 10.6 Å². The smallest absolute Gasteiger partial charge is 0.343 e. The summed E-state index contributed by atoms with van der Waals surface area (Å²) in [4.78, 5) is 24.6. The van der Waals surface area contributed by atoms with Crippen LogP contribution in [-0.4, -0.2) is 18.1 Å². The van der Waals surface area contributed by atoms with Gasteiger partial charge in [0.25, 0.3) is 5.91 Å². The molecule has 6 heteroatoms. The number of fused-ring (bicyclic) bond motifs is 1. The number of nitrogens with one attached hydrogen (secondary N) is 1. The molecule has 1 amide bonds. The maximum absolute atomic E-state index is 12.4. The quantitative estimate of drug-likeness (QED) is 0.198. The van der Waals surface area contributed by atoms with Crippen molar-refractivity contribution >= 4 is 40.5 Å². The van der Waals surface area contributed by atoms with Crippen molar-refractivity contribution in [2.75, 3.05) is 0 Å². The van der Waals surface area contributed by atoms with E-state index in [2.05, 4.69) is 10.5 Å². The number of ether oxygens (including phenoxy) is 1. The standard InChI is InChI=1S/C25H17ClN2O3/c26-22-12-10-19(11-13-22)25(30)31-23-7-3-4-17(14-23)16-27-28-24(29)21-9-8-18-5-1-2-6-20(18)15-21/h1-16H,(H,28,29)/b27-16-. The van der Waals surface area contributed by atoms with Crippen LogP contribution in [0.3, 0.4) is 0 Å². The zero-order valence-corrected chi connectivity index (χ0v) is 17.0. The van der Waals surface area contributed by atoms with Crippen molar-refractivity contribution in [2.45, 2.75) is 0 Å². The van der Waals surface area contributed by atoms with E-state index in [0.29, 0.717) is 27.5 Å². The van der Waals surface area contributed by atoms with E-state index in [4.69, 9.17) is 16.3 Å². The lowest BCUT2D eigenvalue weighted by molar-refractivity contribution is 0.0734. The Kier molecular flexibility index (Phi) is 6.05. The summed E-state index contributed by atoms with van der Waals surface area (Å²) in [6.07, 6.45) is 1.48. The fourth-order valence-corrected chi connectivity index (χ4v) is 3.10. The molecule has 0 saturated carbocycles. The van der Waals surface area contributed by atoms with Crippen LogP contribution in [0.25, 0.3) is 10.8 Å². The third kappa shape index (κ3) is 5.15. The van der Waals surface area contributed by atoms with Gasteiger partial charge in [-0.05, 0) is 64.9 Å². The highest BCUT2D eigenvalue weighted by Crippen LogP contribution is 2.17. The topological polar surface area (TPSA) is 67.8 Å². The third-order valence-electron chi connectivity index (χ3n) is 4.54. The Morgan fingerprint density at radius 1 is 0.806 bits per heavy atom. The molecule has 4 rings (SSSR count). The van der Waals surface area contributed by atoms with E-state index >= 15 is 0 Å². The molecule has 1 N–H and O–H groups in total. The Balaban J connectivity index is 1.40. The molecule has 0 unspecified atom stereocenters. The van der Waals surface area contributed by atoms with Crippen LogP contribution in [0.4, 0.5) is 0 Å². The van der Waals surface area contributed by atoms with Gasteiger partial charge in [0.15, 0.2) is 0 Å². The summed E-state index contributed by atoms with van der Waals surface area (Å²) in [6, 6.07) is 26.6. The molecule has 5 nitrogen and oxygen atoms in total. The van der Waals surface area contributed by atoms with Crippen LogP contribution in [-0.2, 0) is 0 Å². The lowest BCUT2D eigenvalue weighted by Crippen LogP contribution is -2.17. The summed E-state index contributed by atoms with van der Waals surface area (Å²) in [6.45, 7) is 0. The average Bonchev–Trinajstić information content (AvgIpc) is 2.79. The number of carbonyl (C=O) groups excluding carboxylic acids is 2. The monoisotopic (exact) mass is 428 g/mol. The highest BCUT2D eigenvalue weighted by molar-refractivity contribution is 6.30. The van der Waals surface area contributed by atoms with Crippen molar-refractivity contribution in [3.63, 3.8) is 0 Å². The summed E-state index contributed by atoms with van der Waals surface area (Å²) >= 11 is 5.84. The molecule has 0 aromatic heterocycles. The molecule has 0 aliphatic carbocycles. The SMILES string of the molecule is O=C(N/N=C\c1cccc(OC(=O)c2ccc(Cl)cc2)c1)c1ccc2ccccc2c1. The number of esters is 1.